The molecule has 0 N–H and O–H groups in total. The van der Waals surface area contributed by atoms with Crippen LogP contribution in [0.5, 0.6) is 0 Å². The van der Waals surface area contributed by atoms with Crippen molar-refractivity contribution in [2.45, 2.75) is 25.0 Å². The van der Waals surface area contributed by atoms with Crippen molar-refractivity contribution in [3.8, 4) is 0 Å². The highest BCUT2D eigenvalue weighted by atomic mass is 16.8. The van der Waals surface area contributed by atoms with Crippen LogP contribution in [-0.4, -0.2) is 16.4 Å². The van der Waals surface area contributed by atoms with Gasteiger partial charge in [0.1, 0.15) is 0 Å². The number of carbonyl (C=O) groups is 1. The summed E-state index contributed by atoms with van der Waals surface area (Å²) in [5.41, 5.74) is -0.709. The number of non-ortho nitro benzene ring substituents is 1. The number of anilines is 1. The van der Waals surface area contributed by atoms with Crippen molar-refractivity contribution in [3.63, 3.8) is 0 Å². The molecule has 1 unspecified atom stereocenters. The van der Waals surface area contributed by atoms with Crippen LogP contribution >= 0.6 is 0 Å². The SMILES string of the molecule is O=C1CCCC12N=NN(c1ccc([N+](=O)[O-])cc1)O2. The number of ketones is 1. The normalized spacial score (nSPS) is 25.5. The van der Waals surface area contributed by atoms with Crippen molar-refractivity contribution in [2.75, 3.05) is 5.17 Å². The second-order valence-electron chi connectivity index (χ2n) is 4.39. The van der Waals surface area contributed by atoms with E-state index in [4.69, 9.17) is 4.84 Å². The summed E-state index contributed by atoms with van der Waals surface area (Å²) in [7, 11) is 0. The minimum absolute atomic E-state index is 0.0217. The van der Waals surface area contributed by atoms with E-state index in [0.29, 0.717) is 18.5 Å². The van der Waals surface area contributed by atoms with E-state index < -0.39 is 10.6 Å². The second kappa shape index (κ2) is 4.09. The Balaban J connectivity index is 1.80. The van der Waals surface area contributed by atoms with Crippen molar-refractivity contribution in [3.05, 3.63) is 34.4 Å². The molecule has 0 aromatic heterocycles. The maximum absolute atomic E-state index is 11.7. The first-order valence-corrected chi connectivity index (χ1v) is 5.81. The number of hydrogen-bond acceptors (Lipinski definition) is 7. The third-order valence-corrected chi connectivity index (χ3v) is 3.16. The van der Waals surface area contributed by atoms with Gasteiger partial charge in [-0.15, -0.1) is 10.3 Å². The lowest BCUT2D eigenvalue weighted by atomic mass is 10.2. The van der Waals surface area contributed by atoms with E-state index in [9.17, 15) is 14.9 Å². The zero-order chi connectivity index (χ0) is 13.5. The van der Waals surface area contributed by atoms with Crippen LogP contribution in [0, 0.1) is 10.1 Å². The van der Waals surface area contributed by atoms with Gasteiger partial charge in [-0.05, 0) is 23.8 Å². The first kappa shape index (κ1) is 11.7. The zero-order valence-electron chi connectivity index (χ0n) is 9.85. The van der Waals surface area contributed by atoms with E-state index in [1.165, 1.54) is 24.3 Å². The van der Waals surface area contributed by atoms with Crippen molar-refractivity contribution >= 4 is 17.2 Å². The number of nitro groups is 1. The summed E-state index contributed by atoms with van der Waals surface area (Å²) in [6.07, 6.45) is 1.68. The van der Waals surface area contributed by atoms with Crippen LogP contribution in [-0.2, 0) is 9.63 Å². The Morgan fingerprint density at radius 1 is 1.37 bits per heavy atom. The molecule has 2 aliphatic rings. The number of nitrogens with zero attached hydrogens (tertiary/aromatic N) is 4. The molecule has 3 rings (SSSR count). The number of nitro benzene ring substituents is 1. The van der Waals surface area contributed by atoms with Gasteiger partial charge in [-0.25, -0.2) is 4.84 Å². The van der Waals surface area contributed by atoms with Crippen LogP contribution in [0.1, 0.15) is 19.3 Å². The van der Waals surface area contributed by atoms with Crippen molar-refractivity contribution < 1.29 is 14.6 Å². The van der Waals surface area contributed by atoms with E-state index in [1.807, 2.05) is 0 Å². The molecule has 1 fully saturated rings. The van der Waals surface area contributed by atoms with E-state index in [0.717, 1.165) is 11.6 Å². The van der Waals surface area contributed by atoms with Gasteiger partial charge in [-0.1, -0.05) is 0 Å². The van der Waals surface area contributed by atoms with Crippen LogP contribution in [0.2, 0.25) is 0 Å². The van der Waals surface area contributed by atoms with Gasteiger partial charge in [0, 0.05) is 25.0 Å². The molecule has 1 saturated carbocycles. The molecule has 1 aromatic carbocycles. The number of benzene rings is 1. The molecule has 1 spiro atoms. The van der Waals surface area contributed by atoms with Gasteiger partial charge < -0.3 is 0 Å². The molecule has 1 aliphatic carbocycles. The molecule has 8 nitrogen and oxygen atoms in total. The average Bonchev–Trinajstić information content (AvgIpc) is 2.99. The van der Waals surface area contributed by atoms with Gasteiger partial charge in [0.25, 0.3) is 11.4 Å². The van der Waals surface area contributed by atoms with E-state index in [2.05, 4.69) is 10.3 Å². The van der Waals surface area contributed by atoms with E-state index in [-0.39, 0.29) is 11.5 Å². The smallest absolute Gasteiger partial charge is 0.269 e. The van der Waals surface area contributed by atoms with Crippen LogP contribution in [0.3, 0.4) is 0 Å². The van der Waals surface area contributed by atoms with E-state index in [1.54, 1.807) is 0 Å². The van der Waals surface area contributed by atoms with Gasteiger partial charge in [0.15, 0.2) is 5.78 Å². The zero-order valence-corrected chi connectivity index (χ0v) is 9.85. The Bertz CT molecular complexity index is 571. The Kier molecular flexibility index (Phi) is 2.53. The lowest BCUT2D eigenvalue weighted by Crippen LogP contribution is -2.35. The van der Waals surface area contributed by atoms with Crippen LogP contribution in [0.25, 0.3) is 0 Å². The standard InChI is InChI=1S/C11H10N4O4/c16-10-2-1-7-11(10)12-13-14(19-11)8-3-5-9(6-4-8)15(17)18/h3-6H,1-2,7H2. The molecule has 0 radical (unpaired) electrons. The highest BCUT2D eigenvalue weighted by molar-refractivity contribution is 5.89. The van der Waals surface area contributed by atoms with Gasteiger partial charge in [-0.2, -0.15) is 0 Å². The van der Waals surface area contributed by atoms with E-state index >= 15 is 0 Å². The van der Waals surface area contributed by atoms with Gasteiger partial charge >= 0.3 is 0 Å². The Hall–Kier alpha value is -2.35. The molecular weight excluding hydrogens is 252 g/mol. The number of hydrogen-bond donors (Lipinski definition) is 0. The fourth-order valence-corrected chi connectivity index (χ4v) is 2.12. The van der Waals surface area contributed by atoms with Gasteiger partial charge in [-0.3, -0.25) is 14.9 Å². The third-order valence-electron chi connectivity index (χ3n) is 3.16. The predicted octanol–water partition coefficient (Wildman–Crippen LogP) is 2.16. The average molecular weight is 262 g/mol. The molecule has 1 aliphatic heterocycles. The third kappa shape index (κ3) is 1.85. The predicted molar refractivity (Wildman–Crippen MR) is 63.1 cm³/mol. The summed E-state index contributed by atoms with van der Waals surface area (Å²) < 4.78 is 0. The molecule has 0 amide bonds. The summed E-state index contributed by atoms with van der Waals surface area (Å²) in [5.74, 6) is -0.0827. The molecule has 0 saturated heterocycles. The summed E-state index contributed by atoms with van der Waals surface area (Å²) in [6.45, 7) is 0. The maximum Gasteiger partial charge on any atom is 0.269 e. The fourth-order valence-electron chi connectivity index (χ4n) is 2.12. The maximum atomic E-state index is 11.7. The largest absolute Gasteiger partial charge is 0.294 e. The topological polar surface area (TPSA) is 97.4 Å². The second-order valence-corrected chi connectivity index (χ2v) is 4.39. The first-order chi connectivity index (χ1) is 9.11. The van der Waals surface area contributed by atoms with Crippen molar-refractivity contribution in [1.82, 2.24) is 0 Å². The minimum Gasteiger partial charge on any atom is -0.294 e. The molecule has 0 bridgehead atoms. The lowest BCUT2D eigenvalue weighted by Gasteiger charge is -2.18. The quantitative estimate of drug-likeness (QED) is 0.600. The molecule has 1 atom stereocenters. The summed E-state index contributed by atoms with van der Waals surface area (Å²) in [6, 6.07) is 5.68. The van der Waals surface area contributed by atoms with Crippen molar-refractivity contribution in [1.29, 1.82) is 0 Å². The molecule has 1 aromatic rings. The monoisotopic (exact) mass is 262 g/mol. The first-order valence-electron chi connectivity index (χ1n) is 5.81. The number of Topliss-reactive ketones (excluding diaryl/α,β-unsaturated/α-hetero) is 1. The molecule has 19 heavy (non-hydrogen) atoms. The van der Waals surface area contributed by atoms with Crippen LogP contribution in [0.15, 0.2) is 34.6 Å². The number of rotatable bonds is 2. The highest BCUT2D eigenvalue weighted by Crippen LogP contribution is 2.38. The molecule has 1 heterocycles. The Morgan fingerprint density at radius 2 is 2.11 bits per heavy atom. The van der Waals surface area contributed by atoms with Crippen molar-refractivity contribution in [2.24, 2.45) is 10.3 Å². The fraction of sp³-hybridized carbons (Fsp3) is 0.364. The minimum atomic E-state index is -1.18. The van der Waals surface area contributed by atoms with Gasteiger partial charge in [0.2, 0.25) is 0 Å². The summed E-state index contributed by atoms with van der Waals surface area (Å²) in [4.78, 5) is 27.3. The highest BCUT2D eigenvalue weighted by Gasteiger charge is 2.49. The van der Waals surface area contributed by atoms with Gasteiger partial charge in [0.05, 0.1) is 10.6 Å². The molecular formula is C11H10N4O4. The molecule has 98 valence electrons. The summed E-state index contributed by atoms with van der Waals surface area (Å²) in [5, 5.41) is 19.4. The lowest BCUT2D eigenvalue weighted by molar-refractivity contribution is -0.384. The number of carbonyl (C=O) groups excluding carboxylic acids is 1. The van der Waals surface area contributed by atoms with Crippen LogP contribution < -0.4 is 5.17 Å². The van der Waals surface area contributed by atoms with Crippen LogP contribution in [0.4, 0.5) is 11.4 Å². The Morgan fingerprint density at radius 3 is 2.68 bits per heavy atom. The summed E-state index contributed by atoms with van der Waals surface area (Å²) >= 11 is 0. The molecule has 8 heteroatoms. The Labute approximate surface area is 107 Å².